The van der Waals surface area contributed by atoms with Crippen LogP contribution in [0.1, 0.15) is 22.3 Å². The summed E-state index contributed by atoms with van der Waals surface area (Å²) >= 11 is 1.56. The van der Waals surface area contributed by atoms with Crippen LogP contribution in [-0.2, 0) is 6.42 Å². The van der Waals surface area contributed by atoms with Crippen LogP contribution in [0.15, 0.2) is 18.2 Å². The number of fused-ring (bicyclic) bond motifs is 1. The quantitative estimate of drug-likeness (QED) is 0.735. The van der Waals surface area contributed by atoms with Gasteiger partial charge in [0.2, 0.25) is 0 Å². The predicted molar refractivity (Wildman–Crippen MR) is 63.0 cm³/mol. The summed E-state index contributed by atoms with van der Waals surface area (Å²) in [6.45, 7) is 0.797. The summed E-state index contributed by atoms with van der Waals surface area (Å²) in [5.41, 5.74) is 1.99. The third-order valence-electron chi connectivity index (χ3n) is 2.51. The van der Waals surface area contributed by atoms with Crippen LogP contribution >= 0.6 is 11.8 Å². The highest BCUT2D eigenvalue weighted by molar-refractivity contribution is 7.99. The van der Waals surface area contributed by atoms with Gasteiger partial charge >= 0.3 is 0 Å². The maximum absolute atomic E-state index is 11.7. The molecule has 2 rings (SSSR count). The van der Waals surface area contributed by atoms with Crippen LogP contribution in [0.2, 0.25) is 0 Å². The van der Waals surface area contributed by atoms with Crippen molar-refractivity contribution in [1.82, 2.24) is 0 Å². The first-order valence-electron chi connectivity index (χ1n) is 5.09. The van der Waals surface area contributed by atoms with Gasteiger partial charge in [-0.05, 0) is 42.9 Å². The molecule has 0 amide bonds. The molecule has 0 spiro atoms. The first kappa shape index (κ1) is 10.6. The van der Waals surface area contributed by atoms with Crippen molar-refractivity contribution < 1.29 is 9.53 Å². The lowest BCUT2D eigenvalue weighted by molar-refractivity contribution is 0.102. The SMILES string of the molecule is CSCC(=O)c1ccc2c(c1)CCCO2. The second-order valence-electron chi connectivity index (χ2n) is 3.63. The molecule has 0 aromatic heterocycles. The first-order valence-corrected chi connectivity index (χ1v) is 6.48. The Balaban J connectivity index is 2.24. The topological polar surface area (TPSA) is 26.3 Å². The van der Waals surface area contributed by atoms with E-state index in [2.05, 4.69) is 0 Å². The summed E-state index contributed by atoms with van der Waals surface area (Å²) in [7, 11) is 0. The summed E-state index contributed by atoms with van der Waals surface area (Å²) in [5.74, 6) is 1.71. The fourth-order valence-corrected chi connectivity index (χ4v) is 2.18. The van der Waals surface area contributed by atoms with Crippen LogP contribution < -0.4 is 4.74 Å². The molecule has 0 unspecified atom stereocenters. The van der Waals surface area contributed by atoms with Gasteiger partial charge in [0.15, 0.2) is 5.78 Å². The number of ketones is 1. The van der Waals surface area contributed by atoms with E-state index in [1.54, 1.807) is 11.8 Å². The molecule has 1 aromatic rings. The third-order valence-corrected chi connectivity index (χ3v) is 3.06. The highest BCUT2D eigenvalue weighted by Crippen LogP contribution is 2.25. The maximum atomic E-state index is 11.7. The molecule has 1 heterocycles. The standard InChI is InChI=1S/C12H14O2S/c1-15-8-11(13)9-4-5-12-10(7-9)3-2-6-14-12/h4-5,7H,2-3,6,8H2,1H3. The van der Waals surface area contributed by atoms with E-state index in [4.69, 9.17) is 4.74 Å². The highest BCUT2D eigenvalue weighted by Gasteiger charge is 2.13. The number of carbonyl (C=O) groups excluding carboxylic acids is 1. The normalized spacial score (nSPS) is 14.2. The smallest absolute Gasteiger partial charge is 0.172 e. The molecule has 0 atom stereocenters. The van der Waals surface area contributed by atoms with Gasteiger partial charge in [0, 0.05) is 5.56 Å². The number of benzene rings is 1. The monoisotopic (exact) mass is 222 g/mol. The Kier molecular flexibility index (Phi) is 3.31. The van der Waals surface area contributed by atoms with E-state index in [1.807, 2.05) is 24.5 Å². The lowest BCUT2D eigenvalue weighted by Crippen LogP contribution is -2.10. The van der Waals surface area contributed by atoms with E-state index in [-0.39, 0.29) is 5.78 Å². The van der Waals surface area contributed by atoms with E-state index in [9.17, 15) is 4.79 Å². The Labute approximate surface area is 94.0 Å². The van der Waals surface area contributed by atoms with E-state index < -0.39 is 0 Å². The predicted octanol–water partition coefficient (Wildman–Crippen LogP) is 2.56. The fraction of sp³-hybridized carbons (Fsp3) is 0.417. The zero-order chi connectivity index (χ0) is 10.7. The molecule has 1 aliphatic rings. The zero-order valence-corrected chi connectivity index (χ0v) is 9.60. The largest absolute Gasteiger partial charge is 0.493 e. The van der Waals surface area contributed by atoms with Gasteiger partial charge in [-0.2, -0.15) is 11.8 Å². The molecule has 0 saturated carbocycles. The maximum Gasteiger partial charge on any atom is 0.172 e. The van der Waals surface area contributed by atoms with E-state index in [0.29, 0.717) is 5.75 Å². The van der Waals surface area contributed by atoms with Gasteiger partial charge in [-0.25, -0.2) is 0 Å². The third kappa shape index (κ3) is 2.34. The molecule has 0 bridgehead atoms. The molecular weight excluding hydrogens is 208 g/mol. The molecule has 0 N–H and O–H groups in total. The Morgan fingerprint density at radius 2 is 2.40 bits per heavy atom. The number of Topliss-reactive ketones (excluding diaryl/α,β-unsaturated/α-hetero) is 1. The van der Waals surface area contributed by atoms with Crippen molar-refractivity contribution in [1.29, 1.82) is 0 Å². The molecule has 0 saturated heterocycles. The second kappa shape index (κ2) is 4.71. The van der Waals surface area contributed by atoms with Gasteiger partial charge < -0.3 is 4.74 Å². The van der Waals surface area contributed by atoms with Crippen LogP contribution in [0.25, 0.3) is 0 Å². The molecule has 1 aliphatic heterocycles. The van der Waals surface area contributed by atoms with Crippen molar-refractivity contribution >= 4 is 17.5 Å². The zero-order valence-electron chi connectivity index (χ0n) is 8.79. The minimum atomic E-state index is 0.205. The molecule has 0 fully saturated rings. The van der Waals surface area contributed by atoms with Crippen molar-refractivity contribution in [3.05, 3.63) is 29.3 Å². The number of hydrogen-bond donors (Lipinski definition) is 0. The number of carbonyl (C=O) groups is 1. The summed E-state index contributed by atoms with van der Waals surface area (Å²) in [5, 5.41) is 0. The molecular formula is C12H14O2S. The Morgan fingerprint density at radius 3 is 3.20 bits per heavy atom. The van der Waals surface area contributed by atoms with Crippen LogP contribution in [0.4, 0.5) is 0 Å². The Hall–Kier alpha value is -0.960. The number of aryl methyl sites for hydroxylation is 1. The number of ether oxygens (including phenoxy) is 1. The Bertz CT molecular complexity index is 374. The molecule has 2 nitrogen and oxygen atoms in total. The molecule has 0 radical (unpaired) electrons. The van der Waals surface area contributed by atoms with Crippen molar-refractivity contribution in [3.63, 3.8) is 0 Å². The van der Waals surface area contributed by atoms with Gasteiger partial charge in [-0.15, -0.1) is 0 Å². The Morgan fingerprint density at radius 1 is 1.53 bits per heavy atom. The number of hydrogen-bond acceptors (Lipinski definition) is 3. The van der Waals surface area contributed by atoms with E-state index in [0.717, 1.165) is 30.8 Å². The lowest BCUT2D eigenvalue weighted by Gasteiger charge is -2.17. The average molecular weight is 222 g/mol. The average Bonchev–Trinajstić information content (AvgIpc) is 2.29. The summed E-state index contributed by atoms with van der Waals surface area (Å²) in [6, 6.07) is 5.76. The second-order valence-corrected chi connectivity index (χ2v) is 4.50. The van der Waals surface area contributed by atoms with Crippen molar-refractivity contribution in [2.24, 2.45) is 0 Å². The van der Waals surface area contributed by atoms with Crippen LogP contribution in [0.5, 0.6) is 5.75 Å². The van der Waals surface area contributed by atoms with Gasteiger partial charge in [0.05, 0.1) is 12.4 Å². The minimum absolute atomic E-state index is 0.205. The molecule has 0 aliphatic carbocycles. The van der Waals surface area contributed by atoms with Crippen molar-refractivity contribution in [2.45, 2.75) is 12.8 Å². The van der Waals surface area contributed by atoms with Crippen LogP contribution in [0.3, 0.4) is 0 Å². The minimum Gasteiger partial charge on any atom is -0.493 e. The van der Waals surface area contributed by atoms with Crippen molar-refractivity contribution in [3.8, 4) is 5.75 Å². The van der Waals surface area contributed by atoms with Gasteiger partial charge in [0.25, 0.3) is 0 Å². The number of thioether (sulfide) groups is 1. The summed E-state index contributed by atoms with van der Waals surface area (Å²) in [4.78, 5) is 11.7. The molecule has 80 valence electrons. The first-order chi connectivity index (χ1) is 7.31. The molecule has 3 heteroatoms. The van der Waals surface area contributed by atoms with Gasteiger partial charge in [0.1, 0.15) is 5.75 Å². The van der Waals surface area contributed by atoms with Gasteiger partial charge in [-0.1, -0.05) is 0 Å². The van der Waals surface area contributed by atoms with Gasteiger partial charge in [-0.3, -0.25) is 4.79 Å². The summed E-state index contributed by atoms with van der Waals surface area (Å²) < 4.78 is 5.50. The number of rotatable bonds is 3. The molecule has 15 heavy (non-hydrogen) atoms. The molecule has 1 aromatic carbocycles. The van der Waals surface area contributed by atoms with E-state index in [1.165, 1.54) is 5.56 Å². The summed E-state index contributed by atoms with van der Waals surface area (Å²) in [6.07, 6.45) is 4.02. The van der Waals surface area contributed by atoms with Crippen LogP contribution in [-0.4, -0.2) is 24.4 Å². The fourth-order valence-electron chi connectivity index (χ4n) is 1.75. The van der Waals surface area contributed by atoms with Crippen LogP contribution in [0, 0.1) is 0 Å². The van der Waals surface area contributed by atoms with Crippen molar-refractivity contribution in [2.75, 3.05) is 18.6 Å². The highest BCUT2D eigenvalue weighted by atomic mass is 32.2. The lowest BCUT2D eigenvalue weighted by atomic mass is 10.0. The van der Waals surface area contributed by atoms with E-state index >= 15 is 0 Å².